The van der Waals surface area contributed by atoms with Crippen LogP contribution in [0.25, 0.3) is 5.57 Å². The van der Waals surface area contributed by atoms with Gasteiger partial charge in [0, 0.05) is 0 Å². The minimum absolute atomic E-state index is 0. The van der Waals surface area contributed by atoms with Crippen LogP contribution < -0.4 is 0 Å². The molecule has 0 saturated heterocycles. The van der Waals surface area contributed by atoms with Crippen LogP contribution in [0.15, 0.2) is 60.7 Å². The summed E-state index contributed by atoms with van der Waals surface area (Å²) >= 11 is 0. The molecule has 2 aromatic carbocycles. The Morgan fingerprint density at radius 1 is 1.18 bits per heavy atom. The number of hydrogen-bond donors (Lipinski definition) is 1. The minimum Gasteiger partial charge on any atom is -0.485 e. The van der Waals surface area contributed by atoms with Gasteiger partial charge in [-0.3, -0.25) is 4.79 Å². The zero-order valence-electron chi connectivity index (χ0n) is 9.48. The van der Waals surface area contributed by atoms with Crippen LogP contribution in [0.4, 0.5) is 0 Å². The molecule has 0 spiro atoms. The second kappa shape index (κ2) is 8.57. The molecule has 0 atom stereocenters. The fraction of sp³-hybridized carbons (Fsp3) is 0.0714. The van der Waals surface area contributed by atoms with Crippen molar-refractivity contribution in [1.82, 2.24) is 0 Å². The van der Waals surface area contributed by atoms with Gasteiger partial charge in [0.15, 0.2) is 0 Å². The van der Waals surface area contributed by atoms with Crippen molar-refractivity contribution in [3.8, 4) is 0 Å². The van der Waals surface area contributed by atoms with Gasteiger partial charge in [0.05, 0.1) is 0 Å². The van der Waals surface area contributed by atoms with Crippen molar-refractivity contribution in [1.29, 1.82) is 0 Å². The summed E-state index contributed by atoms with van der Waals surface area (Å²) in [5.41, 5.74) is 1.75. The number of aliphatic carboxylic acids is 1. The maximum atomic E-state index is 10.2. The summed E-state index contributed by atoms with van der Waals surface area (Å²) in [5.74, 6) is -0.899. The molecule has 2 aromatic rings. The van der Waals surface area contributed by atoms with E-state index in [1.165, 1.54) is 6.08 Å². The third-order valence-corrected chi connectivity index (χ3v) is 2.01. The molecule has 17 heavy (non-hydrogen) atoms. The van der Waals surface area contributed by atoms with Gasteiger partial charge in [0.1, 0.15) is 0 Å². The Morgan fingerprint density at radius 3 is 2.06 bits per heavy atom. The molecule has 0 aliphatic carbocycles. The quantitative estimate of drug-likeness (QED) is 0.516. The molecule has 0 aliphatic rings. The molecule has 0 amide bonds. The predicted molar refractivity (Wildman–Crippen MR) is 65.4 cm³/mol. The van der Waals surface area contributed by atoms with Gasteiger partial charge in [0.25, 0.3) is 5.97 Å². The molecule has 0 bridgehead atoms. The predicted octanol–water partition coefficient (Wildman–Crippen LogP) is 3.30. The van der Waals surface area contributed by atoms with Crippen molar-refractivity contribution in [3.63, 3.8) is 0 Å². The largest absolute Gasteiger partial charge is 2.00 e. The van der Waals surface area contributed by atoms with Crippen molar-refractivity contribution in [3.05, 3.63) is 66.2 Å². The van der Waals surface area contributed by atoms with Gasteiger partial charge in [-0.1, -0.05) is 6.92 Å². The standard InChI is InChI=1S/C9H9O2.C5H5.Fe/c1-7(6-9(10)11)8-4-2-3-5-8;1-2-4-5-3-1;/h2-6H,1H3,(H,10,11);1-5H;/q2*-1;+2. The van der Waals surface area contributed by atoms with E-state index in [0.717, 1.165) is 11.1 Å². The molecule has 0 radical (unpaired) electrons. The molecule has 0 aliphatic heterocycles. The number of allylic oxidation sites excluding steroid dienone is 1. The van der Waals surface area contributed by atoms with Crippen LogP contribution >= 0.6 is 0 Å². The van der Waals surface area contributed by atoms with E-state index in [-0.39, 0.29) is 17.1 Å². The van der Waals surface area contributed by atoms with Gasteiger partial charge in [-0.15, -0.1) is 23.3 Å². The van der Waals surface area contributed by atoms with E-state index < -0.39 is 5.97 Å². The maximum Gasteiger partial charge on any atom is 2.00 e. The van der Waals surface area contributed by atoms with E-state index >= 15 is 0 Å². The molecule has 90 valence electrons. The molecule has 2 nitrogen and oxygen atoms in total. The SMILES string of the molecule is CC(=CC(=O)O)[c-]1cccc1.[Fe+2].c1cc[cH-]c1. The Balaban J connectivity index is 0.000000360. The Hall–Kier alpha value is -1.57. The zero-order valence-corrected chi connectivity index (χ0v) is 10.6. The van der Waals surface area contributed by atoms with Crippen LogP contribution in [0.3, 0.4) is 0 Å². The number of carboxylic acid groups (broad SMARTS) is 1. The number of hydrogen-bond acceptors (Lipinski definition) is 1. The first-order valence-corrected chi connectivity index (χ1v) is 5.00. The van der Waals surface area contributed by atoms with E-state index in [0.29, 0.717) is 0 Å². The van der Waals surface area contributed by atoms with Crippen LogP contribution in [-0.4, -0.2) is 11.1 Å². The van der Waals surface area contributed by atoms with E-state index in [1.54, 1.807) is 6.92 Å². The number of rotatable bonds is 2. The van der Waals surface area contributed by atoms with Crippen LogP contribution in [-0.2, 0) is 21.9 Å². The Bertz CT molecular complexity index is 408. The third kappa shape index (κ3) is 6.56. The number of carbonyl (C=O) groups is 1. The average Bonchev–Trinajstić information content (AvgIpc) is 2.94. The van der Waals surface area contributed by atoms with Crippen molar-refractivity contribution in [2.45, 2.75) is 6.92 Å². The van der Waals surface area contributed by atoms with Crippen LogP contribution in [0, 0.1) is 0 Å². The second-order valence-corrected chi connectivity index (χ2v) is 3.30. The van der Waals surface area contributed by atoms with Gasteiger partial charge < -0.3 is 5.11 Å². The molecule has 3 heteroatoms. The molecule has 2 rings (SSSR count). The summed E-state index contributed by atoms with van der Waals surface area (Å²) in [6.45, 7) is 1.78. The molecule has 0 fully saturated rings. The third-order valence-electron chi connectivity index (χ3n) is 2.01. The maximum absolute atomic E-state index is 10.2. The summed E-state index contributed by atoms with van der Waals surface area (Å²) in [4.78, 5) is 10.2. The van der Waals surface area contributed by atoms with Crippen LogP contribution in [0.1, 0.15) is 12.5 Å². The van der Waals surface area contributed by atoms with Gasteiger partial charge in [-0.25, -0.2) is 12.1 Å². The normalized spacial score (nSPS) is 9.82. The van der Waals surface area contributed by atoms with Crippen LogP contribution in [0.5, 0.6) is 0 Å². The van der Waals surface area contributed by atoms with Gasteiger partial charge >= 0.3 is 17.1 Å². The Labute approximate surface area is 112 Å². The smallest absolute Gasteiger partial charge is 0.485 e. The topological polar surface area (TPSA) is 37.3 Å². The van der Waals surface area contributed by atoms with Crippen molar-refractivity contribution >= 4 is 11.5 Å². The molecular formula is C14H14FeO2. The molecule has 1 N–H and O–H groups in total. The second-order valence-electron chi connectivity index (χ2n) is 3.30. The summed E-state index contributed by atoms with van der Waals surface area (Å²) < 4.78 is 0. The summed E-state index contributed by atoms with van der Waals surface area (Å²) in [7, 11) is 0. The summed E-state index contributed by atoms with van der Waals surface area (Å²) in [6.07, 6.45) is 1.20. The van der Waals surface area contributed by atoms with Gasteiger partial charge in [0.2, 0.25) is 0 Å². The average molecular weight is 270 g/mol. The van der Waals surface area contributed by atoms with Gasteiger partial charge in [-0.2, -0.15) is 30.3 Å². The van der Waals surface area contributed by atoms with E-state index in [4.69, 9.17) is 5.11 Å². The molecule has 0 heterocycles. The van der Waals surface area contributed by atoms with E-state index in [1.807, 2.05) is 54.6 Å². The van der Waals surface area contributed by atoms with Crippen molar-refractivity contribution in [2.75, 3.05) is 0 Å². The fourth-order valence-electron chi connectivity index (χ4n) is 1.23. The fourth-order valence-corrected chi connectivity index (χ4v) is 1.23. The zero-order chi connectivity index (χ0) is 11.8. The minimum atomic E-state index is -0.899. The van der Waals surface area contributed by atoms with E-state index in [9.17, 15) is 4.79 Å². The molecule has 0 unspecified atom stereocenters. The summed E-state index contributed by atoms with van der Waals surface area (Å²) in [6, 6.07) is 17.5. The van der Waals surface area contributed by atoms with Crippen molar-refractivity contribution < 1.29 is 27.0 Å². The molecule has 0 saturated carbocycles. The Morgan fingerprint density at radius 2 is 1.71 bits per heavy atom. The molecule has 0 aromatic heterocycles. The summed E-state index contributed by atoms with van der Waals surface area (Å²) in [5, 5.41) is 8.41. The van der Waals surface area contributed by atoms with Crippen molar-refractivity contribution in [2.24, 2.45) is 0 Å². The van der Waals surface area contributed by atoms with Crippen LogP contribution in [0.2, 0.25) is 0 Å². The monoisotopic (exact) mass is 270 g/mol. The first-order chi connectivity index (χ1) is 7.70. The Kier molecular flexibility index (Phi) is 7.78. The molecular weight excluding hydrogens is 256 g/mol. The van der Waals surface area contributed by atoms with E-state index in [2.05, 4.69) is 0 Å². The first kappa shape index (κ1) is 15.4. The number of carboxylic acids is 1. The van der Waals surface area contributed by atoms with Gasteiger partial charge in [-0.05, 0) is 6.08 Å². The first-order valence-electron chi connectivity index (χ1n) is 5.00.